The van der Waals surface area contributed by atoms with Crippen LogP contribution in [0.25, 0.3) is 5.69 Å². The van der Waals surface area contributed by atoms with Crippen molar-refractivity contribution >= 4 is 17.5 Å². The molecule has 1 aromatic carbocycles. The Morgan fingerprint density at radius 1 is 1.46 bits per heavy atom. The van der Waals surface area contributed by atoms with Gasteiger partial charge in [-0.05, 0) is 49.4 Å². The Bertz CT molecular complexity index is 886. The van der Waals surface area contributed by atoms with Crippen LogP contribution in [0.15, 0.2) is 30.6 Å². The van der Waals surface area contributed by atoms with Crippen LogP contribution in [0.5, 0.6) is 0 Å². The molecule has 2 fully saturated rings. The fourth-order valence-electron chi connectivity index (χ4n) is 4.06. The molecular weight excluding hydrogens is 350 g/mol. The normalized spacial score (nSPS) is 23.9. The summed E-state index contributed by atoms with van der Waals surface area (Å²) in [4.78, 5) is 14.5. The van der Waals surface area contributed by atoms with E-state index in [2.05, 4.69) is 23.5 Å². The van der Waals surface area contributed by atoms with Crippen molar-refractivity contribution in [2.75, 3.05) is 0 Å². The second-order valence-corrected chi connectivity index (χ2v) is 7.34. The van der Waals surface area contributed by atoms with Gasteiger partial charge in [0.25, 0.3) is 5.91 Å². The lowest BCUT2D eigenvalue weighted by molar-refractivity contribution is 0.0928. The van der Waals surface area contributed by atoms with Gasteiger partial charge in [0.2, 0.25) is 0 Å². The molecule has 2 bridgehead atoms. The van der Waals surface area contributed by atoms with Crippen LogP contribution in [0.1, 0.15) is 42.1 Å². The zero-order valence-corrected chi connectivity index (χ0v) is 15.3. The van der Waals surface area contributed by atoms with Gasteiger partial charge in [-0.15, -0.1) is 0 Å². The Kier molecular flexibility index (Phi) is 4.33. The lowest BCUT2D eigenvalue weighted by Crippen LogP contribution is -2.43. The van der Waals surface area contributed by atoms with Crippen molar-refractivity contribution in [2.45, 2.75) is 50.7 Å². The summed E-state index contributed by atoms with van der Waals surface area (Å²) < 4.78 is 1.76. The predicted molar refractivity (Wildman–Crippen MR) is 98.1 cm³/mol. The highest BCUT2D eigenvalue weighted by Gasteiger charge is 2.46. The highest BCUT2D eigenvalue weighted by atomic mass is 35.5. The number of nitriles is 1. The number of fused-ring (bicyclic) bond motifs is 2. The van der Waals surface area contributed by atoms with Gasteiger partial charge in [0, 0.05) is 12.2 Å². The van der Waals surface area contributed by atoms with Gasteiger partial charge in [-0.1, -0.05) is 18.5 Å². The van der Waals surface area contributed by atoms with E-state index in [1.165, 1.54) is 0 Å². The monoisotopic (exact) mass is 369 g/mol. The average Bonchev–Trinajstić information content (AvgIpc) is 3.35. The molecule has 3 heterocycles. The maximum atomic E-state index is 12.7. The van der Waals surface area contributed by atoms with Gasteiger partial charge >= 0.3 is 0 Å². The summed E-state index contributed by atoms with van der Waals surface area (Å²) in [6.45, 7) is 2.07. The van der Waals surface area contributed by atoms with E-state index < -0.39 is 0 Å². The molecule has 2 saturated heterocycles. The highest BCUT2D eigenvalue weighted by Crippen LogP contribution is 2.37. The first-order valence-electron chi connectivity index (χ1n) is 8.93. The van der Waals surface area contributed by atoms with Gasteiger partial charge in [0.1, 0.15) is 0 Å². The Labute approximate surface area is 157 Å². The third-order valence-electron chi connectivity index (χ3n) is 5.47. The fraction of sp³-hybridized carbons (Fsp3) is 0.421. The first-order valence-corrected chi connectivity index (χ1v) is 9.31. The highest BCUT2D eigenvalue weighted by molar-refractivity contribution is 6.34. The zero-order chi connectivity index (χ0) is 18.3. The van der Waals surface area contributed by atoms with Crippen molar-refractivity contribution in [3.63, 3.8) is 0 Å². The number of halogens is 1. The summed E-state index contributed by atoms with van der Waals surface area (Å²) in [5.74, 6) is -0.188. The fourth-order valence-corrected chi connectivity index (χ4v) is 4.32. The SMILES string of the molecule is CCc1cnn(-c2ccc(C(=O)N[C@@H]3C[C@@H]4CC[C@H]3N4C#N)c(Cl)c2)c1. The minimum absolute atomic E-state index is 0.00914. The number of nitrogens with one attached hydrogen (secondary N) is 1. The van der Waals surface area contributed by atoms with Crippen LogP contribution in [0.2, 0.25) is 5.02 Å². The first kappa shape index (κ1) is 16.9. The smallest absolute Gasteiger partial charge is 0.253 e. The third kappa shape index (κ3) is 2.82. The molecule has 134 valence electrons. The van der Waals surface area contributed by atoms with Gasteiger partial charge in [0.15, 0.2) is 6.19 Å². The third-order valence-corrected chi connectivity index (χ3v) is 5.79. The van der Waals surface area contributed by atoms with E-state index in [-0.39, 0.29) is 24.0 Å². The molecule has 4 rings (SSSR count). The molecule has 2 aromatic rings. The van der Waals surface area contributed by atoms with Crippen LogP contribution in [0, 0.1) is 11.5 Å². The molecule has 1 N–H and O–H groups in total. The molecule has 0 radical (unpaired) electrons. The number of amides is 1. The van der Waals surface area contributed by atoms with Crippen LogP contribution >= 0.6 is 11.6 Å². The summed E-state index contributed by atoms with van der Waals surface area (Å²) >= 11 is 6.37. The zero-order valence-electron chi connectivity index (χ0n) is 14.5. The van der Waals surface area contributed by atoms with Crippen LogP contribution < -0.4 is 5.32 Å². The summed E-state index contributed by atoms with van der Waals surface area (Å²) in [7, 11) is 0. The van der Waals surface area contributed by atoms with E-state index in [1.807, 2.05) is 23.4 Å². The van der Waals surface area contributed by atoms with Gasteiger partial charge in [0.05, 0.1) is 34.6 Å². The predicted octanol–water partition coefficient (Wildman–Crippen LogP) is 2.90. The second kappa shape index (κ2) is 6.65. The molecule has 6 nitrogen and oxygen atoms in total. The first-order chi connectivity index (χ1) is 12.6. The molecule has 0 saturated carbocycles. The Hall–Kier alpha value is -2.52. The van der Waals surface area contributed by atoms with Gasteiger partial charge in [-0.3, -0.25) is 4.79 Å². The largest absolute Gasteiger partial charge is 0.347 e. The molecule has 2 aliphatic rings. The molecular formula is C19H20ClN5O. The van der Waals surface area contributed by atoms with Gasteiger partial charge in [-0.2, -0.15) is 10.4 Å². The molecule has 2 aliphatic heterocycles. The molecule has 1 amide bonds. The second-order valence-electron chi connectivity index (χ2n) is 6.93. The standard InChI is InChI=1S/C19H20ClN5O/c1-2-12-9-22-25(10-12)14-3-5-15(16(20)7-14)19(26)23-17-8-13-4-6-18(17)24(13)11-21/h3,5,7,9-10,13,17-18H,2,4,6,8H2,1H3,(H,23,26)/t13-,17+,18+/m0/s1. The molecule has 3 atom stereocenters. The number of aromatic nitrogens is 2. The van der Waals surface area contributed by atoms with E-state index in [1.54, 1.807) is 16.8 Å². The molecule has 7 heteroatoms. The lowest BCUT2D eigenvalue weighted by Gasteiger charge is -2.22. The van der Waals surface area contributed by atoms with Crippen molar-refractivity contribution in [1.29, 1.82) is 5.26 Å². The molecule has 1 aromatic heterocycles. The summed E-state index contributed by atoms with van der Waals surface area (Å²) in [6, 6.07) is 5.72. The van der Waals surface area contributed by atoms with Crippen molar-refractivity contribution < 1.29 is 4.79 Å². The van der Waals surface area contributed by atoms with E-state index in [0.717, 1.165) is 36.9 Å². The molecule has 26 heavy (non-hydrogen) atoms. The van der Waals surface area contributed by atoms with Crippen molar-refractivity contribution in [3.05, 3.63) is 46.7 Å². The van der Waals surface area contributed by atoms with E-state index in [9.17, 15) is 10.1 Å². The van der Waals surface area contributed by atoms with E-state index >= 15 is 0 Å². The summed E-state index contributed by atoms with van der Waals surface area (Å²) in [5, 5.41) is 17.0. The number of aryl methyl sites for hydroxylation is 1. The topological polar surface area (TPSA) is 74.0 Å². The maximum Gasteiger partial charge on any atom is 0.253 e. The van der Waals surface area contributed by atoms with Crippen molar-refractivity contribution in [1.82, 2.24) is 20.0 Å². The number of hydrogen-bond acceptors (Lipinski definition) is 4. The quantitative estimate of drug-likeness (QED) is 0.841. The van der Waals surface area contributed by atoms with Crippen molar-refractivity contribution in [2.24, 2.45) is 0 Å². The minimum Gasteiger partial charge on any atom is -0.347 e. The number of hydrogen-bond donors (Lipinski definition) is 1. The van der Waals surface area contributed by atoms with Gasteiger partial charge < -0.3 is 10.2 Å². The van der Waals surface area contributed by atoms with E-state index in [4.69, 9.17) is 11.6 Å². The lowest BCUT2D eigenvalue weighted by atomic mass is 9.95. The number of carbonyl (C=O) groups is 1. The van der Waals surface area contributed by atoms with Crippen LogP contribution in [0.4, 0.5) is 0 Å². The molecule has 0 unspecified atom stereocenters. The Morgan fingerprint density at radius 3 is 2.96 bits per heavy atom. The van der Waals surface area contributed by atoms with Crippen LogP contribution in [-0.2, 0) is 6.42 Å². The number of benzene rings is 1. The molecule has 0 aliphatic carbocycles. The summed E-state index contributed by atoms with van der Waals surface area (Å²) in [5.41, 5.74) is 2.41. The van der Waals surface area contributed by atoms with Gasteiger partial charge in [-0.25, -0.2) is 4.68 Å². The van der Waals surface area contributed by atoms with Crippen molar-refractivity contribution in [3.8, 4) is 11.9 Å². The number of nitrogens with zero attached hydrogens (tertiary/aromatic N) is 4. The number of rotatable bonds is 4. The maximum absolute atomic E-state index is 12.7. The van der Waals surface area contributed by atoms with Crippen LogP contribution in [-0.4, -0.2) is 38.7 Å². The number of carbonyl (C=O) groups excluding carboxylic acids is 1. The summed E-state index contributed by atoms with van der Waals surface area (Å²) in [6.07, 6.45) is 9.76. The van der Waals surface area contributed by atoms with Crippen LogP contribution in [0.3, 0.4) is 0 Å². The minimum atomic E-state index is -0.188. The Morgan fingerprint density at radius 2 is 2.31 bits per heavy atom. The average molecular weight is 370 g/mol. The Balaban J connectivity index is 1.49. The van der Waals surface area contributed by atoms with E-state index in [0.29, 0.717) is 10.6 Å². The molecule has 0 spiro atoms.